The molecule has 0 bridgehead atoms. The second kappa shape index (κ2) is 3.15. The van der Waals surface area contributed by atoms with Gasteiger partial charge in [-0.15, -0.1) is 12.4 Å². The zero-order chi connectivity index (χ0) is 7.78. The van der Waals surface area contributed by atoms with E-state index in [2.05, 4.69) is 10.2 Å². The van der Waals surface area contributed by atoms with Crippen molar-refractivity contribution in [3.8, 4) is 0 Å². The maximum absolute atomic E-state index is 10.2. The lowest BCUT2D eigenvalue weighted by Gasteiger charge is -2.06. The quantitative estimate of drug-likeness (QED) is 0.657. The van der Waals surface area contributed by atoms with Gasteiger partial charge in [-0.1, -0.05) is 0 Å². The number of carboxylic acids is 1. The van der Waals surface area contributed by atoms with E-state index in [0.717, 1.165) is 0 Å². The summed E-state index contributed by atoms with van der Waals surface area (Å²) >= 11 is 0. The van der Waals surface area contributed by atoms with Crippen molar-refractivity contribution in [2.24, 2.45) is 16.0 Å². The first-order chi connectivity index (χ1) is 4.53. The van der Waals surface area contributed by atoms with Crippen LogP contribution in [0.4, 0.5) is 0 Å². The van der Waals surface area contributed by atoms with Gasteiger partial charge >= 0.3 is 5.97 Å². The number of nitrogens with two attached hydrogens (primary N) is 1. The molecule has 11 heavy (non-hydrogen) atoms. The minimum atomic E-state index is -1.00. The highest BCUT2D eigenvalue weighted by Gasteiger charge is 2.37. The van der Waals surface area contributed by atoms with Gasteiger partial charge in [0.2, 0.25) is 0 Å². The lowest BCUT2D eigenvalue weighted by Crippen LogP contribution is -2.34. The molecule has 1 heterocycles. The molecule has 0 aliphatic carbocycles. The molecule has 0 fully saturated rings. The van der Waals surface area contributed by atoms with Crippen molar-refractivity contribution < 1.29 is 9.90 Å². The molecule has 5 nitrogen and oxygen atoms in total. The fourth-order valence-electron chi connectivity index (χ4n) is 0.671. The number of carbonyl (C=O) groups is 1. The van der Waals surface area contributed by atoms with Crippen LogP contribution in [0, 0.1) is 0 Å². The Bertz CT molecular complexity index is 188. The van der Waals surface area contributed by atoms with Crippen LogP contribution in [0.25, 0.3) is 0 Å². The number of halogens is 1. The first-order valence-corrected chi connectivity index (χ1v) is 2.96. The van der Waals surface area contributed by atoms with Gasteiger partial charge in [-0.3, -0.25) is 4.79 Å². The molecule has 1 aliphatic heterocycles. The number of rotatable bonds is 3. The standard InChI is InChI=1S/C5H9N3O2.ClH/c1-5(7-8-5)2-3(6)4(9)10;/h3H,2,6H2,1H3,(H,9,10);1H/t3-;/m0./s1. The highest BCUT2D eigenvalue weighted by Crippen LogP contribution is 2.31. The van der Waals surface area contributed by atoms with Crippen molar-refractivity contribution in [1.82, 2.24) is 0 Å². The van der Waals surface area contributed by atoms with Crippen molar-refractivity contribution in [3.05, 3.63) is 0 Å². The van der Waals surface area contributed by atoms with Crippen LogP contribution >= 0.6 is 12.4 Å². The number of hydrogen-bond donors (Lipinski definition) is 2. The van der Waals surface area contributed by atoms with Crippen molar-refractivity contribution in [2.45, 2.75) is 25.0 Å². The monoisotopic (exact) mass is 179 g/mol. The van der Waals surface area contributed by atoms with Crippen LogP contribution in [0.1, 0.15) is 13.3 Å². The summed E-state index contributed by atoms with van der Waals surface area (Å²) in [5.74, 6) is -1.00. The van der Waals surface area contributed by atoms with E-state index >= 15 is 0 Å². The molecule has 64 valence electrons. The first kappa shape index (κ1) is 10.3. The SMILES string of the molecule is CC1(C[C@H](N)C(=O)O)N=N1.Cl. The Balaban J connectivity index is 0.000001000. The topological polar surface area (TPSA) is 88.0 Å². The van der Waals surface area contributed by atoms with E-state index in [9.17, 15) is 4.79 Å². The van der Waals surface area contributed by atoms with Gasteiger partial charge in [-0.2, -0.15) is 10.2 Å². The molecular formula is C5H10ClN3O2. The molecule has 0 saturated heterocycles. The molecule has 3 N–H and O–H groups in total. The predicted molar refractivity (Wildman–Crippen MR) is 40.7 cm³/mol. The van der Waals surface area contributed by atoms with Gasteiger partial charge in [0.1, 0.15) is 6.04 Å². The molecule has 0 amide bonds. The maximum Gasteiger partial charge on any atom is 0.320 e. The third-order valence-electron chi connectivity index (χ3n) is 1.37. The van der Waals surface area contributed by atoms with Crippen molar-refractivity contribution in [1.29, 1.82) is 0 Å². The van der Waals surface area contributed by atoms with Crippen LogP contribution in [0.2, 0.25) is 0 Å². The van der Waals surface area contributed by atoms with Crippen LogP contribution in [0.15, 0.2) is 10.2 Å². The van der Waals surface area contributed by atoms with E-state index in [1.165, 1.54) is 0 Å². The van der Waals surface area contributed by atoms with Gasteiger partial charge in [-0.25, -0.2) is 0 Å². The second-order valence-electron chi connectivity index (χ2n) is 2.57. The summed E-state index contributed by atoms with van der Waals surface area (Å²) in [5.41, 5.74) is 4.72. The summed E-state index contributed by atoms with van der Waals surface area (Å²) in [5, 5.41) is 15.6. The maximum atomic E-state index is 10.2. The Morgan fingerprint density at radius 3 is 2.45 bits per heavy atom. The highest BCUT2D eigenvalue weighted by atomic mass is 35.5. The number of aliphatic carboxylic acids is 1. The molecule has 0 saturated carbocycles. The summed E-state index contributed by atoms with van der Waals surface area (Å²) in [7, 11) is 0. The molecule has 1 aliphatic rings. The van der Waals surface area contributed by atoms with Crippen molar-refractivity contribution >= 4 is 18.4 Å². The molecule has 0 aromatic carbocycles. The second-order valence-corrected chi connectivity index (χ2v) is 2.57. The lowest BCUT2D eigenvalue weighted by atomic mass is 10.1. The fraction of sp³-hybridized carbons (Fsp3) is 0.800. The lowest BCUT2D eigenvalue weighted by molar-refractivity contribution is -0.138. The molecule has 1 rings (SSSR count). The zero-order valence-electron chi connectivity index (χ0n) is 6.02. The Morgan fingerprint density at radius 2 is 2.18 bits per heavy atom. The van der Waals surface area contributed by atoms with Gasteiger partial charge < -0.3 is 10.8 Å². The van der Waals surface area contributed by atoms with Crippen LogP contribution in [0.3, 0.4) is 0 Å². The largest absolute Gasteiger partial charge is 0.480 e. The van der Waals surface area contributed by atoms with Crippen LogP contribution < -0.4 is 5.73 Å². The van der Waals surface area contributed by atoms with Gasteiger partial charge in [0.25, 0.3) is 0 Å². The Kier molecular flexibility index (Phi) is 2.95. The average molecular weight is 180 g/mol. The number of hydrogen-bond acceptors (Lipinski definition) is 4. The van der Waals surface area contributed by atoms with Gasteiger partial charge in [0, 0.05) is 6.42 Å². The van der Waals surface area contributed by atoms with Gasteiger partial charge in [0.15, 0.2) is 5.66 Å². The molecule has 1 atom stereocenters. The average Bonchev–Trinajstić information content (AvgIpc) is 2.47. The summed E-state index contributed by atoms with van der Waals surface area (Å²) < 4.78 is 0. The van der Waals surface area contributed by atoms with Crippen LogP contribution in [-0.4, -0.2) is 22.8 Å². The predicted octanol–water partition coefficient (Wildman–Crippen LogP) is 0.392. The normalized spacial score (nSPS) is 20.2. The molecule has 0 aromatic heterocycles. The Hall–Kier alpha value is -0.680. The number of nitrogens with zero attached hydrogens (tertiary/aromatic N) is 2. The van der Waals surface area contributed by atoms with Gasteiger partial charge in [0.05, 0.1) is 0 Å². The minimum Gasteiger partial charge on any atom is -0.480 e. The summed E-state index contributed by atoms with van der Waals surface area (Å²) in [6.07, 6.45) is 0.294. The van der Waals surface area contributed by atoms with Crippen LogP contribution in [0.5, 0.6) is 0 Å². The third-order valence-corrected chi connectivity index (χ3v) is 1.37. The van der Waals surface area contributed by atoms with E-state index in [0.29, 0.717) is 6.42 Å². The van der Waals surface area contributed by atoms with Crippen molar-refractivity contribution in [2.75, 3.05) is 0 Å². The minimum absolute atomic E-state index is 0. The van der Waals surface area contributed by atoms with E-state index in [1.807, 2.05) is 0 Å². The van der Waals surface area contributed by atoms with E-state index in [4.69, 9.17) is 10.8 Å². The molecular weight excluding hydrogens is 170 g/mol. The number of carboxylic acid groups (broad SMARTS) is 1. The molecule has 0 radical (unpaired) electrons. The highest BCUT2D eigenvalue weighted by molar-refractivity contribution is 5.85. The summed E-state index contributed by atoms with van der Waals surface area (Å²) in [4.78, 5) is 10.2. The zero-order valence-corrected chi connectivity index (χ0v) is 6.84. The van der Waals surface area contributed by atoms with Crippen LogP contribution in [-0.2, 0) is 4.79 Å². The smallest absolute Gasteiger partial charge is 0.320 e. The Labute approximate surface area is 70.1 Å². The van der Waals surface area contributed by atoms with Crippen molar-refractivity contribution in [3.63, 3.8) is 0 Å². The third kappa shape index (κ3) is 2.81. The van der Waals surface area contributed by atoms with E-state index < -0.39 is 17.7 Å². The van der Waals surface area contributed by atoms with Gasteiger partial charge in [-0.05, 0) is 6.92 Å². The Morgan fingerprint density at radius 1 is 1.73 bits per heavy atom. The fourth-order valence-corrected chi connectivity index (χ4v) is 0.671. The summed E-state index contributed by atoms with van der Waals surface area (Å²) in [6.45, 7) is 1.75. The first-order valence-electron chi connectivity index (χ1n) is 2.96. The molecule has 6 heteroatoms. The van der Waals surface area contributed by atoms with E-state index in [-0.39, 0.29) is 12.4 Å². The molecule has 0 spiro atoms. The molecule has 0 unspecified atom stereocenters. The van der Waals surface area contributed by atoms with E-state index in [1.54, 1.807) is 6.92 Å². The molecule has 0 aromatic rings. The summed E-state index contributed by atoms with van der Waals surface area (Å²) in [6, 6.07) is -0.847.